The number of unbranched alkanes of at least 4 members (excludes halogenated alkanes) is 29. The van der Waals surface area contributed by atoms with Gasteiger partial charge in [-0.2, -0.15) is 0 Å². The Morgan fingerprint density at radius 2 is 0.900 bits per heavy atom. The van der Waals surface area contributed by atoms with Crippen molar-refractivity contribution in [1.29, 1.82) is 0 Å². The highest BCUT2D eigenvalue weighted by molar-refractivity contribution is 5.77. The molecule has 0 spiro atoms. The Kier molecular flexibility index (Phi) is 46.6. The van der Waals surface area contributed by atoms with Crippen LogP contribution in [0.5, 0.6) is 0 Å². The summed E-state index contributed by atoms with van der Waals surface area (Å²) >= 11 is 0. The maximum absolute atomic E-state index is 13.2. The smallest absolute Gasteiger partial charge is 0.306 e. The minimum absolute atomic E-state index is 0.0725. The first-order valence-corrected chi connectivity index (χ1v) is 26.2. The van der Waals surface area contributed by atoms with Gasteiger partial charge in [-0.15, -0.1) is 0 Å². The quantitative estimate of drug-likeness (QED) is 0.0322. The second-order valence-corrected chi connectivity index (χ2v) is 17.9. The van der Waals surface area contributed by atoms with Gasteiger partial charge in [0.05, 0.1) is 25.2 Å². The number of rotatable bonds is 47. The molecule has 6 nitrogen and oxygen atoms in total. The number of hydrogen-bond donors (Lipinski definition) is 3. The molecular formula is C54H101NO5. The van der Waals surface area contributed by atoms with E-state index in [4.69, 9.17) is 4.74 Å². The van der Waals surface area contributed by atoms with Crippen LogP contribution in [0.4, 0.5) is 0 Å². The molecule has 0 aliphatic heterocycles. The third kappa shape index (κ3) is 42.8. The number of ether oxygens (including phenoxy) is 1. The van der Waals surface area contributed by atoms with Crippen LogP contribution in [0.25, 0.3) is 0 Å². The van der Waals surface area contributed by atoms with E-state index in [1.54, 1.807) is 0 Å². The van der Waals surface area contributed by atoms with Gasteiger partial charge in [0.1, 0.15) is 6.10 Å². The Hall–Kier alpha value is -1.92. The molecule has 0 heterocycles. The van der Waals surface area contributed by atoms with Gasteiger partial charge in [-0.25, -0.2) is 0 Å². The van der Waals surface area contributed by atoms with E-state index in [0.717, 1.165) is 77.0 Å². The number of carbonyl (C=O) groups excluding carboxylic acids is 2. The van der Waals surface area contributed by atoms with Gasteiger partial charge >= 0.3 is 5.97 Å². The highest BCUT2D eigenvalue weighted by Crippen LogP contribution is 2.18. The van der Waals surface area contributed by atoms with E-state index >= 15 is 0 Å². The molecule has 1 amide bonds. The lowest BCUT2D eigenvalue weighted by Crippen LogP contribution is -2.46. The van der Waals surface area contributed by atoms with Gasteiger partial charge in [-0.05, 0) is 57.8 Å². The molecule has 0 bridgehead atoms. The van der Waals surface area contributed by atoms with Crippen LogP contribution < -0.4 is 5.32 Å². The third-order valence-corrected chi connectivity index (χ3v) is 12.0. The predicted octanol–water partition coefficient (Wildman–Crippen LogP) is 15.7. The molecule has 0 rings (SSSR count). The van der Waals surface area contributed by atoms with Crippen molar-refractivity contribution in [2.75, 3.05) is 6.61 Å². The number of esters is 1. The molecule has 3 atom stereocenters. The number of allylic oxidation sites excluding steroid dienone is 6. The Morgan fingerprint density at radius 1 is 0.500 bits per heavy atom. The topological polar surface area (TPSA) is 95.9 Å². The zero-order chi connectivity index (χ0) is 43.8. The van der Waals surface area contributed by atoms with Crippen molar-refractivity contribution in [3.05, 3.63) is 36.5 Å². The molecule has 0 radical (unpaired) electrons. The fourth-order valence-electron chi connectivity index (χ4n) is 8.03. The second kappa shape index (κ2) is 48.1. The van der Waals surface area contributed by atoms with Crippen molar-refractivity contribution in [2.24, 2.45) is 0 Å². The summed E-state index contributed by atoms with van der Waals surface area (Å²) in [7, 11) is 0. The van der Waals surface area contributed by atoms with Crippen LogP contribution in [0.3, 0.4) is 0 Å². The summed E-state index contributed by atoms with van der Waals surface area (Å²) in [6.45, 7) is 6.38. The van der Waals surface area contributed by atoms with Gasteiger partial charge < -0.3 is 20.3 Å². The first-order chi connectivity index (χ1) is 29.5. The van der Waals surface area contributed by atoms with E-state index in [2.05, 4.69) is 62.5 Å². The van der Waals surface area contributed by atoms with Crippen molar-refractivity contribution in [2.45, 2.75) is 289 Å². The summed E-state index contributed by atoms with van der Waals surface area (Å²) in [5.41, 5.74) is 0. The largest absolute Gasteiger partial charge is 0.462 e. The standard InChI is InChI=1S/C54H101NO5/c1-4-7-10-13-16-19-22-25-28-30-33-36-39-42-45-50(60-54(59)47-44-41-38-35-32-29-26-23-20-17-14-11-8-5-2)48-53(58)55-51(49-56)52(57)46-43-40-37-34-31-27-24-21-18-15-12-9-6-3/h8,11,17,20,26,29,50-52,56-57H,4-7,9-10,12-16,18-19,21-25,27-28,30-49H2,1-3H3,(H,55,58)/b11-8+,20-17+,29-26+. The molecule has 0 saturated carbocycles. The zero-order valence-electron chi connectivity index (χ0n) is 40.1. The Bertz CT molecular complexity index is 993. The molecule has 3 unspecified atom stereocenters. The van der Waals surface area contributed by atoms with E-state index in [-0.39, 0.29) is 24.9 Å². The summed E-state index contributed by atoms with van der Waals surface area (Å²) < 4.78 is 5.93. The number of nitrogens with one attached hydrogen (secondary N) is 1. The van der Waals surface area contributed by atoms with Gasteiger partial charge in [0.25, 0.3) is 0 Å². The SMILES string of the molecule is CC/C=C/C/C=C/C/C=C/CCCCCCC(=O)OC(CCCCCCCCCCCCCCCC)CC(=O)NC(CO)C(O)CCCCCCCCCCCCCCC. The first-order valence-electron chi connectivity index (χ1n) is 26.2. The summed E-state index contributed by atoms with van der Waals surface area (Å²) in [4.78, 5) is 26.1. The minimum Gasteiger partial charge on any atom is -0.462 e. The highest BCUT2D eigenvalue weighted by atomic mass is 16.5. The molecule has 0 fully saturated rings. The molecule has 60 heavy (non-hydrogen) atoms. The zero-order valence-corrected chi connectivity index (χ0v) is 40.1. The summed E-state index contributed by atoms with van der Waals surface area (Å²) in [5.74, 6) is -0.488. The van der Waals surface area contributed by atoms with Crippen molar-refractivity contribution >= 4 is 11.9 Å². The van der Waals surface area contributed by atoms with Crippen molar-refractivity contribution in [3.63, 3.8) is 0 Å². The second-order valence-electron chi connectivity index (χ2n) is 17.9. The van der Waals surface area contributed by atoms with Crippen LogP contribution >= 0.6 is 0 Å². The summed E-state index contributed by atoms with van der Waals surface area (Å²) in [5, 5.41) is 23.8. The number of aliphatic hydroxyl groups is 2. The van der Waals surface area contributed by atoms with Crippen LogP contribution in [0.15, 0.2) is 36.5 Å². The van der Waals surface area contributed by atoms with Gasteiger partial charge in [-0.1, -0.05) is 237 Å². The molecule has 0 aliphatic carbocycles. The van der Waals surface area contributed by atoms with Gasteiger partial charge in [0, 0.05) is 6.42 Å². The first kappa shape index (κ1) is 58.1. The molecule has 0 aromatic rings. The molecule has 0 aromatic heterocycles. The summed E-state index contributed by atoms with van der Waals surface area (Å²) in [6.07, 6.45) is 56.3. The van der Waals surface area contributed by atoms with Crippen molar-refractivity contribution in [3.8, 4) is 0 Å². The highest BCUT2D eigenvalue weighted by Gasteiger charge is 2.24. The van der Waals surface area contributed by atoms with Crippen molar-refractivity contribution in [1.82, 2.24) is 5.32 Å². The Morgan fingerprint density at radius 3 is 1.37 bits per heavy atom. The minimum atomic E-state index is -0.788. The van der Waals surface area contributed by atoms with Gasteiger partial charge in [0.15, 0.2) is 0 Å². The fraction of sp³-hybridized carbons (Fsp3) is 0.852. The number of hydrogen-bond acceptors (Lipinski definition) is 5. The molecule has 6 heteroatoms. The maximum Gasteiger partial charge on any atom is 0.306 e. The maximum atomic E-state index is 13.2. The van der Waals surface area contributed by atoms with E-state index < -0.39 is 18.2 Å². The average molecular weight is 844 g/mol. The fourth-order valence-corrected chi connectivity index (χ4v) is 8.03. The normalized spacial score (nSPS) is 13.5. The molecular weight excluding hydrogens is 743 g/mol. The number of carbonyl (C=O) groups is 2. The Labute approximate surface area is 373 Å². The average Bonchev–Trinajstić information content (AvgIpc) is 3.24. The van der Waals surface area contributed by atoms with Gasteiger partial charge in [-0.3, -0.25) is 9.59 Å². The third-order valence-electron chi connectivity index (χ3n) is 12.0. The Balaban J connectivity index is 4.58. The molecule has 0 saturated heterocycles. The number of amides is 1. The van der Waals surface area contributed by atoms with Crippen molar-refractivity contribution < 1.29 is 24.5 Å². The van der Waals surface area contributed by atoms with E-state index in [1.807, 2.05) is 0 Å². The van der Waals surface area contributed by atoms with E-state index in [0.29, 0.717) is 19.3 Å². The van der Waals surface area contributed by atoms with E-state index in [9.17, 15) is 19.8 Å². The van der Waals surface area contributed by atoms with E-state index in [1.165, 1.54) is 148 Å². The van der Waals surface area contributed by atoms with Gasteiger partial charge in [0.2, 0.25) is 5.91 Å². The predicted molar refractivity (Wildman–Crippen MR) is 259 cm³/mol. The summed E-state index contributed by atoms with van der Waals surface area (Å²) in [6, 6.07) is -0.702. The van der Waals surface area contributed by atoms with Crippen LogP contribution in [0, 0.1) is 0 Å². The number of aliphatic hydroxyl groups excluding tert-OH is 2. The van der Waals surface area contributed by atoms with Crippen LogP contribution in [0.2, 0.25) is 0 Å². The lowest BCUT2D eigenvalue weighted by molar-refractivity contribution is -0.151. The monoisotopic (exact) mass is 844 g/mol. The lowest BCUT2D eigenvalue weighted by Gasteiger charge is -2.24. The lowest BCUT2D eigenvalue weighted by atomic mass is 10.0. The molecule has 352 valence electrons. The van der Waals surface area contributed by atoms with Crippen LogP contribution in [-0.4, -0.2) is 46.9 Å². The molecule has 0 aromatic carbocycles. The van der Waals surface area contributed by atoms with Crippen LogP contribution in [0.1, 0.15) is 271 Å². The van der Waals surface area contributed by atoms with Crippen LogP contribution in [-0.2, 0) is 14.3 Å². The molecule has 3 N–H and O–H groups in total. The molecule has 0 aliphatic rings.